The number of nitrogens with two attached hydrogens (primary N) is 1. The highest BCUT2D eigenvalue weighted by atomic mass is 16.5. The highest BCUT2D eigenvalue weighted by Gasteiger charge is 2.18. The zero-order chi connectivity index (χ0) is 11.0. The predicted molar refractivity (Wildman–Crippen MR) is 62.0 cm³/mol. The highest BCUT2D eigenvalue weighted by Crippen LogP contribution is 2.16. The molecule has 0 saturated heterocycles. The van der Waals surface area contributed by atoms with E-state index in [-0.39, 0.29) is 5.54 Å². The first-order valence-electron chi connectivity index (χ1n) is 5.53. The Kier molecular flexibility index (Phi) is 6.64. The second-order valence-electron chi connectivity index (χ2n) is 4.54. The van der Waals surface area contributed by atoms with Crippen LogP contribution in [0.15, 0.2) is 12.8 Å². The zero-order valence-corrected chi connectivity index (χ0v) is 9.88. The molecule has 2 nitrogen and oxygen atoms in total. The molecule has 2 N–H and O–H groups in total. The topological polar surface area (TPSA) is 35.2 Å². The molecule has 0 bridgehead atoms. The van der Waals surface area contributed by atoms with Gasteiger partial charge in [0, 0.05) is 5.54 Å². The van der Waals surface area contributed by atoms with Crippen molar-refractivity contribution in [2.75, 3.05) is 6.61 Å². The molecule has 0 aliphatic carbocycles. The summed E-state index contributed by atoms with van der Waals surface area (Å²) in [6.07, 6.45) is 6.18. The molecule has 0 fully saturated rings. The molecule has 0 spiro atoms. The molecule has 2 heteroatoms. The number of ether oxygens (including phenoxy) is 1. The number of rotatable bonds is 8. The van der Waals surface area contributed by atoms with E-state index in [0.29, 0.717) is 6.61 Å². The fraction of sp³-hybridized carbons (Fsp3) is 0.833. The first-order chi connectivity index (χ1) is 6.52. The number of hydrogen-bond acceptors (Lipinski definition) is 2. The monoisotopic (exact) mass is 199 g/mol. The largest absolute Gasteiger partial charge is 0.500 e. The van der Waals surface area contributed by atoms with Crippen molar-refractivity contribution in [1.82, 2.24) is 0 Å². The molecule has 0 radical (unpaired) electrons. The maximum Gasteiger partial charge on any atom is 0.105 e. The summed E-state index contributed by atoms with van der Waals surface area (Å²) < 4.78 is 5.12. The molecule has 0 saturated carbocycles. The van der Waals surface area contributed by atoms with Crippen molar-refractivity contribution >= 4 is 0 Å². The second kappa shape index (κ2) is 6.88. The molecule has 0 amide bonds. The maximum atomic E-state index is 6.06. The average Bonchev–Trinajstić information content (AvgIpc) is 2.14. The van der Waals surface area contributed by atoms with Gasteiger partial charge >= 0.3 is 0 Å². The van der Waals surface area contributed by atoms with Crippen LogP contribution in [-0.4, -0.2) is 12.1 Å². The quantitative estimate of drug-likeness (QED) is 0.610. The minimum atomic E-state index is -0.207. The van der Waals surface area contributed by atoms with Gasteiger partial charge in [-0.05, 0) is 19.3 Å². The predicted octanol–water partition coefficient (Wildman–Crippen LogP) is 3.08. The lowest BCUT2D eigenvalue weighted by molar-refractivity contribution is 0.170. The summed E-state index contributed by atoms with van der Waals surface area (Å²) in [5.74, 6) is 0.811. The summed E-state index contributed by atoms with van der Waals surface area (Å²) in [6.45, 7) is 10.6. The van der Waals surface area contributed by atoms with Crippen LogP contribution in [0.25, 0.3) is 0 Å². The Morgan fingerprint density at radius 3 is 2.71 bits per heavy atom. The van der Waals surface area contributed by atoms with Gasteiger partial charge in [-0.1, -0.05) is 39.7 Å². The van der Waals surface area contributed by atoms with E-state index in [0.717, 1.165) is 12.3 Å². The van der Waals surface area contributed by atoms with Gasteiger partial charge in [0.15, 0.2) is 0 Å². The molecule has 0 rings (SSSR count). The molecule has 84 valence electrons. The van der Waals surface area contributed by atoms with Gasteiger partial charge in [-0.2, -0.15) is 0 Å². The molecule has 0 aromatic heterocycles. The summed E-state index contributed by atoms with van der Waals surface area (Å²) in [4.78, 5) is 0. The lowest BCUT2D eigenvalue weighted by Crippen LogP contribution is -2.40. The molecular formula is C12H25NO. The van der Waals surface area contributed by atoms with E-state index < -0.39 is 0 Å². The minimum Gasteiger partial charge on any atom is -0.500 e. The third-order valence-corrected chi connectivity index (χ3v) is 2.67. The lowest BCUT2D eigenvalue weighted by Gasteiger charge is -2.24. The van der Waals surface area contributed by atoms with Gasteiger partial charge in [0.25, 0.3) is 0 Å². The summed E-state index contributed by atoms with van der Waals surface area (Å²) in [7, 11) is 0. The van der Waals surface area contributed by atoms with E-state index in [2.05, 4.69) is 20.4 Å². The van der Waals surface area contributed by atoms with E-state index in [9.17, 15) is 0 Å². The smallest absolute Gasteiger partial charge is 0.105 e. The molecule has 0 aromatic rings. The zero-order valence-electron chi connectivity index (χ0n) is 9.88. The van der Waals surface area contributed by atoms with Gasteiger partial charge in [0.2, 0.25) is 0 Å². The SMILES string of the molecule is C=COCC(C)(N)CCCC(C)CC. The van der Waals surface area contributed by atoms with Crippen LogP contribution in [0.3, 0.4) is 0 Å². The van der Waals surface area contributed by atoms with Crippen LogP contribution >= 0.6 is 0 Å². The Bertz CT molecular complexity index is 154. The summed E-state index contributed by atoms with van der Waals surface area (Å²) >= 11 is 0. The van der Waals surface area contributed by atoms with Crippen LogP contribution in [-0.2, 0) is 4.74 Å². The maximum absolute atomic E-state index is 6.06. The van der Waals surface area contributed by atoms with Crippen molar-refractivity contribution in [3.63, 3.8) is 0 Å². The Morgan fingerprint density at radius 1 is 1.57 bits per heavy atom. The molecule has 0 heterocycles. The lowest BCUT2D eigenvalue weighted by atomic mass is 9.93. The van der Waals surface area contributed by atoms with Gasteiger partial charge < -0.3 is 10.5 Å². The first-order valence-corrected chi connectivity index (χ1v) is 5.53. The van der Waals surface area contributed by atoms with Gasteiger partial charge in [-0.25, -0.2) is 0 Å². The highest BCUT2D eigenvalue weighted by molar-refractivity contribution is 4.79. The van der Waals surface area contributed by atoms with Crippen molar-refractivity contribution in [1.29, 1.82) is 0 Å². The van der Waals surface area contributed by atoms with E-state index >= 15 is 0 Å². The Hall–Kier alpha value is -0.500. The summed E-state index contributed by atoms with van der Waals surface area (Å²) in [6, 6.07) is 0. The minimum absolute atomic E-state index is 0.207. The van der Waals surface area contributed by atoms with Gasteiger partial charge in [-0.15, -0.1) is 0 Å². The molecular weight excluding hydrogens is 174 g/mol. The first kappa shape index (κ1) is 13.5. The van der Waals surface area contributed by atoms with Crippen LogP contribution in [0.5, 0.6) is 0 Å². The number of hydrogen-bond donors (Lipinski definition) is 1. The van der Waals surface area contributed by atoms with E-state index in [4.69, 9.17) is 10.5 Å². The van der Waals surface area contributed by atoms with E-state index in [1.54, 1.807) is 0 Å². The van der Waals surface area contributed by atoms with Crippen LogP contribution in [0.4, 0.5) is 0 Å². The fourth-order valence-corrected chi connectivity index (χ4v) is 1.38. The van der Waals surface area contributed by atoms with Gasteiger partial charge in [-0.3, -0.25) is 0 Å². The molecule has 0 aromatic carbocycles. The molecule has 14 heavy (non-hydrogen) atoms. The molecule has 0 aliphatic rings. The standard InChI is InChI=1S/C12H25NO/c1-5-11(3)8-7-9-12(4,13)10-14-6-2/h6,11H,2,5,7-10,13H2,1,3-4H3. The molecule has 2 atom stereocenters. The second-order valence-corrected chi connectivity index (χ2v) is 4.54. The average molecular weight is 199 g/mol. The Balaban J connectivity index is 3.59. The third kappa shape index (κ3) is 6.96. The van der Waals surface area contributed by atoms with Crippen LogP contribution < -0.4 is 5.73 Å². The van der Waals surface area contributed by atoms with Crippen molar-refractivity contribution in [3.8, 4) is 0 Å². The van der Waals surface area contributed by atoms with Crippen molar-refractivity contribution in [2.24, 2.45) is 11.7 Å². The van der Waals surface area contributed by atoms with Crippen molar-refractivity contribution in [3.05, 3.63) is 12.8 Å². The third-order valence-electron chi connectivity index (χ3n) is 2.67. The van der Waals surface area contributed by atoms with E-state index in [1.165, 1.54) is 25.5 Å². The van der Waals surface area contributed by atoms with Crippen LogP contribution in [0.1, 0.15) is 46.5 Å². The Morgan fingerprint density at radius 2 is 2.21 bits per heavy atom. The van der Waals surface area contributed by atoms with Crippen LogP contribution in [0.2, 0.25) is 0 Å². The van der Waals surface area contributed by atoms with Gasteiger partial charge in [0.1, 0.15) is 6.61 Å². The van der Waals surface area contributed by atoms with Crippen molar-refractivity contribution in [2.45, 2.75) is 52.0 Å². The Labute approximate surface area is 88.5 Å². The normalized spacial score (nSPS) is 17.1. The van der Waals surface area contributed by atoms with Crippen molar-refractivity contribution < 1.29 is 4.74 Å². The molecule has 2 unspecified atom stereocenters. The summed E-state index contributed by atoms with van der Waals surface area (Å²) in [5, 5.41) is 0. The van der Waals surface area contributed by atoms with Crippen LogP contribution in [0, 0.1) is 5.92 Å². The fourth-order valence-electron chi connectivity index (χ4n) is 1.38. The summed E-state index contributed by atoms with van der Waals surface area (Å²) in [5.41, 5.74) is 5.85. The molecule has 0 aliphatic heterocycles. The van der Waals surface area contributed by atoms with E-state index in [1.807, 2.05) is 6.92 Å². The van der Waals surface area contributed by atoms with Gasteiger partial charge in [0.05, 0.1) is 6.26 Å².